The monoisotopic (exact) mass is 380 g/mol. The Balaban J connectivity index is 2.12. The highest BCUT2D eigenvalue weighted by Crippen LogP contribution is 2.24. The molecule has 2 aromatic rings. The summed E-state index contributed by atoms with van der Waals surface area (Å²) < 4.78 is 25.7. The summed E-state index contributed by atoms with van der Waals surface area (Å²) in [5.74, 6) is -0.273. The van der Waals surface area contributed by atoms with Gasteiger partial charge < -0.3 is 5.32 Å². The average Bonchev–Trinajstić information content (AvgIpc) is 2.54. The molecule has 0 spiro atoms. The van der Waals surface area contributed by atoms with Gasteiger partial charge in [-0.15, -0.1) is 0 Å². The van der Waals surface area contributed by atoms with Gasteiger partial charge >= 0.3 is 0 Å². The topological polar surface area (TPSA) is 66.5 Å². The third-order valence-corrected chi connectivity index (χ3v) is 5.11. The van der Waals surface area contributed by atoms with Crippen LogP contribution < -0.4 is 9.62 Å². The summed E-state index contributed by atoms with van der Waals surface area (Å²) >= 11 is 5.89. The SMILES string of the molecule is CCc1ccccc1N(CCC(=O)Nc1cccc(Cl)c1)S(C)(=O)=O. The van der Waals surface area contributed by atoms with Crippen LogP contribution in [0.25, 0.3) is 0 Å². The van der Waals surface area contributed by atoms with E-state index in [2.05, 4.69) is 5.32 Å². The van der Waals surface area contributed by atoms with Crippen LogP contribution in [-0.2, 0) is 21.2 Å². The quantitative estimate of drug-likeness (QED) is 0.796. The number of hydrogen-bond donors (Lipinski definition) is 1. The largest absolute Gasteiger partial charge is 0.326 e. The van der Waals surface area contributed by atoms with Gasteiger partial charge in [0.2, 0.25) is 15.9 Å². The zero-order valence-electron chi connectivity index (χ0n) is 14.2. The van der Waals surface area contributed by atoms with Crippen molar-refractivity contribution < 1.29 is 13.2 Å². The number of sulfonamides is 1. The molecule has 134 valence electrons. The average molecular weight is 381 g/mol. The predicted molar refractivity (Wildman–Crippen MR) is 103 cm³/mol. The van der Waals surface area contributed by atoms with E-state index >= 15 is 0 Å². The van der Waals surface area contributed by atoms with Crippen molar-refractivity contribution in [3.05, 3.63) is 59.1 Å². The molecular weight excluding hydrogens is 360 g/mol. The first-order valence-corrected chi connectivity index (χ1v) is 10.1. The zero-order chi connectivity index (χ0) is 18.4. The fraction of sp³-hybridized carbons (Fsp3) is 0.278. The number of carbonyl (C=O) groups excluding carboxylic acids is 1. The van der Waals surface area contributed by atoms with Crippen molar-refractivity contribution >= 4 is 38.9 Å². The van der Waals surface area contributed by atoms with Crippen molar-refractivity contribution in [2.24, 2.45) is 0 Å². The van der Waals surface area contributed by atoms with Crippen LogP contribution >= 0.6 is 11.6 Å². The summed E-state index contributed by atoms with van der Waals surface area (Å²) in [6.07, 6.45) is 1.89. The Hall–Kier alpha value is -2.05. The Labute approximate surface area is 153 Å². The van der Waals surface area contributed by atoms with E-state index in [0.29, 0.717) is 22.8 Å². The number of anilines is 2. The number of amides is 1. The zero-order valence-corrected chi connectivity index (χ0v) is 15.8. The van der Waals surface area contributed by atoms with Crippen molar-refractivity contribution in [3.63, 3.8) is 0 Å². The third-order valence-electron chi connectivity index (χ3n) is 3.69. The molecule has 0 radical (unpaired) electrons. The minimum Gasteiger partial charge on any atom is -0.326 e. The molecule has 0 aliphatic rings. The van der Waals surface area contributed by atoms with Gasteiger partial charge in [-0.05, 0) is 36.2 Å². The van der Waals surface area contributed by atoms with Gasteiger partial charge in [0, 0.05) is 23.7 Å². The van der Waals surface area contributed by atoms with E-state index in [1.165, 1.54) is 4.31 Å². The van der Waals surface area contributed by atoms with E-state index in [-0.39, 0.29) is 18.9 Å². The van der Waals surface area contributed by atoms with Crippen LogP contribution in [0.15, 0.2) is 48.5 Å². The third kappa shape index (κ3) is 5.47. The van der Waals surface area contributed by atoms with Crippen LogP contribution in [-0.4, -0.2) is 27.1 Å². The summed E-state index contributed by atoms with van der Waals surface area (Å²) in [4.78, 5) is 12.2. The van der Waals surface area contributed by atoms with Gasteiger partial charge in [-0.2, -0.15) is 0 Å². The maximum atomic E-state index is 12.2. The standard InChI is InChI=1S/C18H21ClN2O3S/c1-3-14-7-4-5-10-17(14)21(25(2,23)24)12-11-18(22)20-16-9-6-8-15(19)13-16/h4-10,13H,3,11-12H2,1-2H3,(H,20,22). The van der Waals surface area contributed by atoms with Gasteiger partial charge in [0.05, 0.1) is 11.9 Å². The molecule has 7 heteroatoms. The number of nitrogens with zero attached hydrogens (tertiary/aromatic N) is 1. The molecule has 0 aliphatic heterocycles. The molecule has 0 saturated carbocycles. The lowest BCUT2D eigenvalue weighted by atomic mass is 10.1. The molecule has 0 aromatic heterocycles. The highest BCUT2D eigenvalue weighted by molar-refractivity contribution is 7.92. The lowest BCUT2D eigenvalue weighted by Crippen LogP contribution is -2.33. The van der Waals surface area contributed by atoms with E-state index in [9.17, 15) is 13.2 Å². The predicted octanol–water partition coefficient (Wildman–Crippen LogP) is 3.70. The Morgan fingerprint density at radius 1 is 1.16 bits per heavy atom. The van der Waals surface area contributed by atoms with Crippen LogP contribution in [0.4, 0.5) is 11.4 Å². The molecule has 0 fully saturated rings. The summed E-state index contributed by atoms with van der Waals surface area (Å²) in [5.41, 5.74) is 2.11. The molecule has 0 atom stereocenters. The summed E-state index contributed by atoms with van der Waals surface area (Å²) in [5, 5.41) is 3.25. The van der Waals surface area contributed by atoms with Gasteiger partial charge in [0.25, 0.3) is 0 Å². The number of carbonyl (C=O) groups is 1. The molecule has 0 bridgehead atoms. The molecule has 0 aliphatic carbocycles. The maximum absolute atomic E-state index is 12.2. The molecule has 0 unspecified atom stereocenters. The first kappa shape index (κ1) is 19.3. The minimum atomic E-state index is -3.49. The van der Waals surface area contributed by atoms with Crippen molar-refractivity contribution in [2.75, 3.05) is 22.4 Å². The number of hydrogen-bond acceptors (Lipinski definition) is 3. The molecule has 1 amide bonds. The van der Waals surface area contributed by atoms with Gasteiger partial charge in [0.1, 0.15) is 0 Å². The second kappa shape index (κ2) is 8.36. The Kier molecular flexibility index (Phi) is 6.45. The van der Waals surface area contributed by atoms with Crippen LogP contribution in [0, 0.1) is 0 Å². The smallest absolute Gasteiger partial charge is 0.232 e. The molecule has 0 saturated heterocycles. The number of nitrogens with one attached hydrogen (secondary N) is 1. The molecule has 1 N–H and O–H groups in total. The second-order valence-corrected chi connectivity index (χ2v) is 7.97. The van der Waals surface area contributed by atoms with E-state index in [4.69, 9.17) is 11.6 Å². The number of para-hydroxylation sites is 1. The Morgan fingerprint density at radius 2 is 1.88 bits per heavy atom. The normalized spacial score (nSPS) is 11.2. The lowest BCUT2D eigenvalue weighted by Gasteiger charge is -2.24. The van der Waals surface area contributed by atoms with Crippen molar-refractivity contribution in [1.82, 2.24) is 0 Å². The first-order valence-electron chi connectivity index (χ1n) is 7.92. The summed E-state index contributed by atoms with van der Waals surface area (Å²) in [6, 6.07) is 14.1. The molecule has 0 heterocycles. The van der Waals surface area contributed by atoms with E-state index in [0.717, 1.165) is 11.8 Å². The van der Waals surface area contributed by atoms with Crippen LogP contribution in [0.3, 0.4) is 0 Å². The summed E-state index contributed by atoms with van der Waals surface area (Å²) in [6.45, 7) is 2.04. The highest BCUT2D eigenvalue weighted by atomic mass is 35.5. The number of rotatable bonds is 7. The number of halogens is 1. The molecule has 25 heavy (non-hydrogen) atoms. The van der Waals surface area contributed by atoms with Crippen molar-refractivity contribution in [2.45, 2.75) is 19.8 Å². The molecule has 2 rings (SSSR count). The fourth-order valence-corrected chi connectivity index (χ4v) is 3.66. The summed E-state index contributed by atoms with van der Waals surface area (Å²) in [7, 11) is -3.49. The Bertz CT molecular complexity index is 853. The van der Waals surface area contributed by atoms with E-state index in [1.807, 2.05) is 19.1 Å². The van der Waals surface area contributed by atoms with E-state index < -0.39 is 10.0 Å². The second-order valence-electron chi connectivity index (χ2n) is 5.63. The lowest BCUT2D eigenvalue weighted by molar-refractivity contribution is -0.116. The molecule has 2 aromatic carbocycles. The molecule has 5 nitrogen and oxygen atoms in total. The first-order chi connectivity index (χ1) is 11.8. The van der Waals surface area contributed by atoms with Crippen molar-refractivity contribution in [3.8, 4) is 0 Å². The van der Waals surface area contributed by atoms with Gasteiger partial charge in [-0.3, -0.25) is 9.10 Å². The highest BCUT2D eigenvalue weighted by Gasteiger charge is 2.20. The maximum Gasteiger partial charge on any atom is 0.232 e. The van der Waals surface area contributed by atoms with Crippen LogP contribution in [0.2, 0.25) is 5.02 Å². The van der Waals surface area contributed by atoms with Crippen LogP contribution in [0.1, 0.15) is 18.9 Å². The fourth-order valence-electron chi connectivity index (χ4n) is 2.51. The molecular formula is C18H21ClN2O3S. The van der Waals surface area contributed by atoms with Crippen LogP contribution in [0.5, 0.6) is 0 Å². The minimum absolute atomic E-state index is 0.0393. The van der Waals surface area contributed by atoms with Gasteiger partial charge in [0.15, 0.2) is 0 Å². The number of benzene rings is 2. The van der Waals surface area contributed by atoms with E-state index in [1.54, 1.807) is 36.4 Å². The number of aryl methyl sites for hydroxylation is 1. The Morgan fingerprint density at radius 3 is 2.52 bits per heavy atom. The van der Waals surface area contributed by atoms with Crippen molar-refractivity contribution in [1.29, 1.82) is 0 Å². The van der Waals surface area contributed by atoms with Gasteiger partial charge in [-0.1, -0.05) is 42.8 Å². The van der Waals surface area contributed by atoms with Gasteiger partial charge in [-0.25, -0.2) is 8.42 Å².